The third-order valence-electron chi connectivity index (χ3n) is 2.65. The van der Waals surface area contributed by atoms with E-state index in [1.165, 1.54) is 14.2 Å². The minimum atomic E-state index is -1.07. The van der Waals surface area contributed by atoms with Gasteiger partial charge in [0.1, 0.15) is 6.04 Å². The number of carbonyl (C=O) groups excluding carboxylic acids is 1. The number of methoxy groups -OCH3 is 2. The fourth-order valence-corrected chi connectivity index (χ4v) is 1.58. The number of ether oxygens (including phenoxy) is 2. The van der Waals surface area contributed by atoms with Crippen LogP contribution in [0.1, 0.15) is 13.3 Å². The highest BCUT2D eigenvalue weighted by Crippen LogP contribution is 2.29. The van der Waals surface area contributed by atoms with Crippen LogP contribution in [0.25, 0.3) is 0 Å². The average molecular weight is 282 g/mol. The third kappa shape index (κ3) is 4.04. The van der Waals surface area contributed by atoms with Gasteiger partial charge in [0.05, 0.1) is 14.2 Å². The molecule has 0 spiro atoms. The molecule has 7 nitrogen and oxygen atoms in total. The summed E-state index contributed by atoms with van der Waals surface area (Å²) in [4.78, 5) is 22.5. The summed E-state index contributed by atoms with van der Waals surface area (Å²) in [5.41, 5.74) is 0.473. The summed E-state index contributed by atoms with van der Waals surface area (Å²) in [6, 6.07) is 3.34. The molecule has 0 aliphatic rings. The number of amides is 2. The summed E-state index contributed by atoms with van der Waals surface area (Å²) in [5, 5.41) is 13.8. The molecule has 1 aromatic rings. The average Bonchev–Trinajstić information content (AvgIpc) is 2.44. The number of carboxylic acid groups (broad SMARTS) is 1. The third-order valence-corrected chi connectivity index (χ3v) is 2.65. The smallest absolute Gasteiger partial charge is 0.326 e. The molecule has 7 heteroatoms. The number of carbonyl (C=O) groups is 2. The summed E-state index contributed by atoms with van der Waals surface area (Å²) in [5.74, 6) is -0.0685. The van der Waals surface area contributed by atoms with Gasteiger partial charge in [-0.3, -0.25) is 0 Å². The molecule has 1 aromatic carbocycles. The van der Waals surface area contributed by atoms with Crippen LogP contribution in [0.15, 0.2) is 18.2 Å². The van der Waals surface area contributed by atoms with Crippen LogP contribution in [-0.4, -0.2) is 37.4 Å². The van der Waals surface area contributed by atoms with E-state index in [0.29, 0.717) is 23.6 Å². The molecule has 0 saturated carbocycles. The molecule has 110 valence electrons. The zero-order valence-electron chi connectivity index (χ0n) is 11.6. The van der Waals surface area contributed by atoms with Crippen molar-refractivity contribution in [2.24, 2.45) is 0 Å². The first-order valence-corrected chi connectivity index (χ1v) is 6.04. The molecule has 0 aliphatic heterocycles. The van der Waals surface area contributed by atoms with Crippen LogP contribution in [0.5, 0.6) is 11.5 Å². The molecule has 0 heterocycles. The van der Waals surface area contributed by atoms with Gasteiger partial charge in [-0.2, -0.15) is 0 Å². The molecule has 1 unspecified atom stereocenters. The van der Waals surface area contributed by atoms with Crippen LogP contribution in [0, 0.1) is 0 Å². The van der Waals surface area contributed by atoms with Crippen molar-refractivity contribution < 1.29 is 24.2 Å². The van der Waals surface area contributed by atoms with Crippen LogP contribution in [0.4, 0.5) is 10.5 Å². The van der Waals surface area contributed by atoms with Crippen LogP contribution >= 0.6 is 0 Å². The number of hydrogen-bond donors (Lipinski definition) is 3. The lowest BCUT2D eigenvalue weighted by atomic mass is 10.2. The minimum absolute atomic E-state index is 0.300. The molecule has 0 aromatic heterocycles. The van der Waals surface area contributed by atoms with Crippen molar-refractivity contribution in [3.63, 3.8) is 0 Å². The van der Waals surface area contributed by atoms with E-state index in [4.69, 9.17) is 14.6 Å². The van der Waals surface area contributed by atoms with Crippen LogP contribution in [0.3, 0.4) is 0 Å². The Morgan fingerprint density at radius 1 is 1.25 bits per heavy atom. The van der Waals surface area contributed by atoms with Gasteiger partial charge in [0.2, 0.25) is 0 Å². The fourth-order valence-electron chi connectivity index (χ4n) is 1.58. The van der Waals surface area contributed by atoms with Crippen molar-refractivity contribution in [3.8, 4) is 11.5 Å². The highest BCUT2D eigenvalue weighted by molar-refractivity contribution is 5.92. The molecule has 0 radical (unpaired) electrons. The number of carboxylic acids is 1. The van der Waals surface area contributed by atoms with Crippen molar-refractivity contribution in [1.82, 2.24) is 5.32 Å². The maximum absolute atomic E-state index is 11.7. The Balaban J connectivity index is 2.73. The first-order chi connectivity index (χ1) is 9.51. The summed E-state index contributed by atoms with van der Waals surface area (Å²) in [6.45, 7) is 1.68. The highest BCUT2D eigenvalue weighted by atomic mass is 16.5. The van der Waals surface area contributed by atoms with Gasteiger partial charge >= 0.3 is 12.0 Å². The molecule has 1 rings (SSSR count). The summed E-state index contributed by atoms with van der Waals surface area (Å²) in [7, 11) is 3.00. The Bertz CT molecular complexity index is 490. The second-order valence-corrected chi connectivity index (χ2v) is 3.97. The maximum Gasteiger partial charge on any atom is 0.326 e. The number of hydrogen-bond acceptors (Lipinski definition) is 4. The topological polar surface area (TPSA) is 96.9 Å². The van der Waals surface area contributed by atoms with Crippen LogP contribution in [0.2, 0.25) is 0 Å². The number of aliphatic carboxylic acids is 1. The van der Waals surface area contributed by atoms with Gasteiger partial charge in [0.15, 0.2) is 11.5 Å². The lowest BCUT2D eigenvalue weighted by molar-refractivity contribution is -0.139. The second-order valence-electron chi connectivity index (χ2n) is 3.97. The number of urea groups is 1. The quantitative estimate of drug-likeness (QED) is 0.737. The Hall–Kier alpha value is -2.44. The lowest BCUT2D eigenvalue weighted by Gasteiger charge is -2.14. The normalized spacial score (nSPS) is 11.3. The van der Waals surface area contributed by atoms with E-state index in [2.05, 4.69) is 10.6 Å². The van der Waals surface area contributed by atoms with E-state index < -0.39 is 18.0 Å². The van der Waals surface area contributed by atoms with E-state index in [1.807, 2.05) is 0 Å². The predicted octanol–water partition coefficient (Wildman–Crippen LogP) is 1.69. The zero-order valence-corrected chi connectivity index (χ0v) is 11.6. The van der Waals surface area contributed by atoms with Gasteiger partial charge in [0.25, 0.3) is 0 Å². The molecule has 2 amide bonds. The molecule has 0 saturated heterocycles. The van der Waals surface area contributed by atoms with Gasteiger partial charge in [-0.1, -0.05) is 6.92 Å². The van der Waals surface area contributed by atoms with E-state index in [0.717, 1.165) is 0 Å². The molecule has 20 heavy (non-hydrogen) atoms. The molecular weight excluding hydrogens is 264 g/mol. The number of benzene rings is 1. The SMILES string of the molecule is CCC(NC(=O)Nc1ccc(OC)c(OC)c1)C(=O)O. The largest absolute Gasteiger partial charge is 0.493 e. The fraction of sp³-hybridized carbons (Fsp3) is 0.385. The Morgan fingerprint density at radius 3 is 2.40 bits per heavy atom. The van der Waals surface area contributed by atoms with Crippen LogP contribution in [-0.2, 0) is 4.79 Å². The van der Waals surface area contributed by atoms with Gasteiger partial charge in [0, 0.05) is 11.8 Å². The molecule has 1 atom stereocenters. The Labute approximate surface area is 116 Å². The van der Waals surface area contributed by atoms with E-state index in [9.17, 15) is 9.59 Å². The first-order valence-electron chi connectivity index (χ1n) is 6.04. The van der Waals surface area contributed by atoms with E-state index >= 15 is 0 Å². The molecule has 0 bridgehead atoms. The summed E-state index contributed by atoms with van der Waals surface area (Å²) >= 11 is 0. The molecular formula is C13H18N2O5. The number of nitrogens with one attached hydrogen (secondary N) is 2. The Morgan fingerprint density at radius 2 is 1.90 bits per heavy atom. The summed E-state index contributed by atoms with van der Waals surface area (Å²) < 4.78 is 10.2. The number of anilines is 1. The molecule has 3 N–H and O–H groups in total. The zero-order chi connectivity index (χ0) is 15.1. The van der Waals surface area contributed by atoms with Crippen molar-refractivity contribution in [3.05, 3.63) is 18.2 Å². The van der Waals surface area contributed by atoms with Gasteiger partial charge in [-0.05, 0) is 18.6 Å². The van der Waals surface area contributed by atoms with Gasteiger partial charge < -0.3 is 25.2 Å². The van der Waals surface area contributed by atoms with Crippen molar-refractivity contribution in [1.29, 1.82) is 0 Å². The monoisotopic (exact) mass is 282 g/mol. The van der Waals surface area contributed by atoms with Gasteiger partial charge in [-0.25, -0.2) is 9.59 Å². The van der Waals surface area contributed by atoms with Crippen molar-refractivity contribution in [2.75, 3.05) is 19.5 Å². The second kappa shape index (κ2) is 7.22. The predicted molar refractivity (Wildman–Crippen MR) is 73.4 cm³/mol. The van der Waals surface area contributed by atoms with E-state index in [-0.39, 0.29) is 0 Å². The van der Waals surface area contributed by atoms with Gasteiger partial charge in [-0.15, -0.1) is 0 Å². The van der Waals surface area contributed by atoms with Crippen LogP contribution < -0.4 is 20.1 Å². The maximum atomic E-state index is 11.7. The number of rotatable bonds is 6. The van der Waals surface area contributed by atoms with Crippen molar-refractivity contribution >= 4 is 17.7 Å². The first kappa shape index (κ1) is 15.6. The molecule has 0 fully saturated rings. The van der Waals surface area contributed by atoms with E-state index in [1.54, 1.807) is 25.1 Å². The highest BCUT2D eigenvalue weighted by Gasteiger charge is 2.17. The lowest BCUT2D eigenvalue weighted by Crippen LogP contribution is -2.42. The summed E-state index contributed by atoms with van der Waals surface area (Å²) in [6.07, 6.45) is 0.300. The minimum Gasteiger partial charge on any atom is -0.493 e. The Kier molecular flexibility index (Phi) is 5.64. The van der Waals surface area contributed by atoms with Crippen molar-refractivity contribution in [2.45, 2.75) is 19.4 Å². The standard InChI is InChI=1S/C13H18N2O5/c1-4-9(12(16)17)15-13(18)14-8-5-6-10(19-2)11(7-8)20-3/h5-7,9H,4H2,1-3H3,(H,16,17)(H2,14,15,18). The molecule has 0 aliphatic carbocycles.